The summed E-state index contributed by atoms with van der Waals surface area (Å²) in [6.45, 7) is 0. The van der Waals surface area contributed by atoms with Gasteiger partial charge in [0.05, 0.1) is 5.69 Å². The Labute approximate surface area is 119 Å². The van der Waals surface area contributed by atoms with Crippen molar-refractivity contribution >= 4 is 28.9 Å². The first-order valence-corrected chi connectivity index (χ1v) is 7.34. The van der Waals surface area contributed by atoms with E-state index in [1.54, 1.807) is 12.1 Å². The van der Waals surface area contributed by atoms with E-state index in [2.05, 4.69) is 4.98 Å². The van der Waals surface area contributed by atoms with Gasteiger partial charge in [0.15, 0.2) is 0 Å². The van der Waals surface area contributed by atoms with Crippen LogP contribution in [0.3, 0.4) is 0 Å². The minimum atomic E-state index is -0.875. The molecule has 0 radical (unpaired) electrons. The summed E-state index contributed by atoms with van der Waals surface area (Å²) < 4.78 is 0. The van der Waals surface area contributed by atoms with Gasteiger partial charge in [-0.3, -0.25) is 0 Å². The van der Waals surface area contributed by atoms with E-state index in [1.807, 2.05) is 12.1 Å². The van der Waals surface area contributed by atoms with Gasteiger partial charge >= 0.3 is 5.97 Å². The zero-order chi connectivity index (χ0) is 13.4. The van der Waals surface area contributed by atoms with Crippen LogP contribution in [0.2, 0.25) is 5.02 Å². The van der Waals surface area contributed by atoms with Crippen LogP contribution in [-0.2, 0) is 0 Å². The lowest BCUT2D eigenvalue weighted by Crippen LogP contribution is -2.12. The predicted octanol–water partition coefficient (Wildman–Crippen LogP) is 4.43. The van der Waals surface area contributed by atoms with Gasteiger partial charge < -0.3 is 5.11 Å². The second kappa shape index (κ2) is 4.94. The van der Waals surface area contributed by atoms with Gasteiger partial charge in [0.2, 0.25) is 0 Å². The standard InChI is InChI=1S/C14H12ClNO2S/c15-10-6-4-9(5-7-10)13-16-11(8-2-1-3-8)12(19-13)14(17)18/h4-8H,1-3H2,(H,17,18). The largest absolute Gasteiger partial charge is 0.477 e. The maximum atomic E-state index is 11.3. The summed E-state index contributed by atoms with van der Waals surface area (Å²) in [5, 5.41) is 10.7. The molecule has 1 aromatic carbocycles. The Balaban J connectivity index is 2.02. The van der Waals surface area contributed by atoms with Gasteiger partial charge in [0.25, 0.3) is 0 Å². The highest BCUT2D eigenvalue weighted by Gasteiger charge is 2.28. The van der Waals surface area contributed by atoms with Crippen molar-refractivity contribution in [1.29, 1.82) is 0 Å². The maximum absolute atomic E-state index is 11.3. The monoisotopic (exact) mass is 293 g/mol. The summed E-state index contributed by atoms with van der Waals surface area (Å²) in [6, 6.07) is 7.33. The molecule has 1 aromatic heterocycles. The molecule has 0 atom stereocenters. The molecule has 5 heteroatoms. The molecule has 1 heterocycles. The summed E-state index contributed by atoms with van der Waals surface area (Å²) in [7, 11) is 0. The molecule has 2 aromatic rings. The average molecular weight is 294 g/mol. The normalized spacial score (nSPS) is 15.2. The highest BCUT2D eigenvalue weighted by Crippen LogP contribution is 2.41. The number of thiazole rings is 1. The molecule has 3 rings (SSSR count). The van der Waals surface area contributed by atoms with Crippen LogP contribution in [0.25, 0.3) is 10.6 Å². The number of carboxylic acid groups (broad SMARTS) is 1. The lowest BCUT2D eigenvalue weighted by molar-refractivity contribution is 0.0699. The lowest BCUT2D eigenvalue weighted by atomic mass is 9.82. The lowest BCUT2D eigenvalue weighted by Gasteiger charge is -2.23. The molecule has 1 N–H and O–H groups in total. The summed E-state index contributed by atoms with van der Waals surface area (Å²) in [6.07, 6.45) is 3.26. The smallest absolute Gasteiger partial charge is 0.347 e. The Hall–Kier alpha value is -1.39. The molecule has 0 amide bonds. The molecule has 0 spiro atoms. The van der Waals surface area contributed by atoms with Crippen LogP contribution in [0.1, 0.15) is 40.5 Å². The first-order chi connectivity index (χ1) is 9.15. The number of carbonyl (C=O) groups is 1. The van der Waals surface area contributed by atoms with Crippen molar-refractivity contribution in [3.8, 4) is 10.6 Å². The molecular formula is C14H12ClNO2S. The number of aromatic carboxylic acids is 1. The van der Waals surface area contributed by atoms with Gasteiger partial charge in [-0.05, 0) is 25.0 Å². The van der Waals surface area contributed by atoms with E-state index >= 15 is 0 Å². The number of benzene rings is 1. The number of aromatic nitrogens is 1. The highest BCUT2D eigenvalue weighted by atomic mass is 35.5. The van der Waals surface area contributed by atoms with Gasteiger partial charge in [0.1, 0.15) is 9.88 Å². The van der Waals surface area contributed by atoms with Crippen LogP contribution in [0.15, 0.2) is 24.3 Å². The fourth-order valence-electron chi connectivity index (χ4n) is 2.16. The summed E-state index contributed by atoms with van der Waals surface area (Å²) in [5.41, 5.74) is 1.68. The topological polar surface area (TPSA) is 50.2 Å². The third-order valence-electron chi connectivity index (χ3n) is 3.43. The Morgan fingerprint density at radius 1 is 1.32 bits per heavy atom. The summed E-state index contributed by atoms with van der Waals surface area (Å²) in [4.78, 5) is 16.2. The number of rotatable bonds is 3. The van der Waals surface area contributed by atoms with Crippen molar-refractivity contribution in [1.82, 2.24) is 4.98 Å². The molecular weight excluding hydrogens is 282 g/mol. The van der Waals surface area contributed by atoms with Gasteiger partial charge in [-0.25, -0.2) is 9.78 Å². The number of nitrogens with zero attached hydrogens (tertiary/aromatic N) is 1. The minimum absolute atomic E-state index is 0.323. The zero-order valence-corrected chi connectivity index (χ0v) is 11.7. The molecule has 0 bridgehead atoms. The second-order valence-electron chi connectivity index (χ2n) is 4.67. The zero-order valence-electron chi connectivity index (χ0n) is 10.1. The van der Waals surface area contributed by atoms with Crippen LogP contribution >= 0.6 is 22.9 Å². The highest BCUT2D eigenvalue weighted by molar-refractivity contribution is 7.17. The number of hydrogen-bond donors (Lipinski definition) is 1. The van der Waals surface area contributed by atoms with Crippen molar-refractivity contribution in [2.24, 2.45) is 0 Å². The van der Waals surface area contributed by atoms with Crippen molar-refractivity contribution in [2.75, 3.05) is 0 Å². The molecule has 1 aliphatic carbocycles. The van der Waals surface area contributed by atoms with Crippen molar-refractivity contribution in [3.05, 3.63) is 39.9 Å². The quantitative estimate of drug-likeness (QED) is 0.911. The fourth-order valence-corrected chi connectivity index (χ4v) is 3.28. The summed E-state index contributed by atoms with van der Waals surface area (Å²) in [5.74, 6) is -0.553. The molecule has 1 fully saturated rings. The molecule has 1 saturated carbocycles. The number of hydrogen-bond acceptors (Lipinski definition) is 3. The second-order valence-corrected chi connectivity index (χ2v) is 6.11. The SMILES string of the molecule is O=C(O)c1sc(-c2ccc(Cl)cc2)nc1C1CCC1. The van der Waals surface area contributed by atoms with Crippen molar-refractivity contribution in [2.45, 2.75) is 25.2 Å². The molecule has 3 nitrogen and oxygen atoms in total. The Kier molecular flexibility index (Phi) is 3.29. The van der Waals surface area contributed by atoms with Gasteiger partial charge in [-0.1, -0.05) is 30.2 Å². The van der Waals surface area contributed by atoms with E-state index in [1.165, 1.54) is 11.3 Å². The Morgan fingerprint density at radius 2 is 2.00 bits per heavy atom. The van der Waals surface area contributed by atoms with Gasteiger partial charge in [-0.15, -0.1) is 11.3 Å². The van der Waals surface area contributed by atoms with Gasteiger partial charge in [-0.2, -0.15) is 0 Å². The van der Waals surface area contributed by atoms with Crippen LogP contribution < -0.4 is 0 Å². The van der Waals surface area contributed by atoms with Gasteiger partial charge in [0, 0.05) is 16.5 Å². The van der Waals surface area contributed by atoms with Crippen LogP contribution in [0, 0.1) is 0 Å². The van der Waals surface area contributed by atoms with E-state index in [-0.39, 0.29) is 0 Å². The molecule has 19 heavy (non-hydrogen) atoms. The first kappa shape index (κ1) is 12.6. The molecule has 0 aliphatic heterocycles. The van der Waals surface area contributed by atoms with Crippen LogP contribution in [0.5, 0.6) is 0 Å². The van der Waals surface area contributed by atoms with Crippen LogP contribution in [-0.4, -0.2) is 16.1 Å². The van der Waals surface area contributed by atoms with E-state index in [0.29, 0.717) is 15.8 Å². The van der Waals surface area contributed by atoms with E-state index < -0.39 is 5.97 Å². The number of carboxylic acids is 1. The Morgan fingerprint density at radius 3 is 2.53 bits per heavy atom. The average Bonchev–Trinajstić information content (AvgIpc) is 2.72. The third kappa shape index (κ3) is 2.38. The summed E-state index contributed by atoms with van der Waals surface area (Å²) >= 11 is 7.11. The first-order valence-electron chi connectivity index (χ1n) is 6.15. The third-order valence-corrected chi connectivity index (χ3v) is 4.79. The van der Waals surface area contributed by atoms with Crippen molar-refractivity contribution < 1.29 is 9.90 Å². The maximum Gasteiger partial charge on any atom is 0.347 e. The fraction of sp³-hybridized carbons (Fsp3) is 0.286. The van der Waals surface area contributed by atoms with Crippen molar-refractivity contribution in [3.63, 3.8) is 0 Å². The molecule has 0 saturated heterocycles. The van der Waals surface area contributed by atoms with E-state index in [9.17, 15) is 9.90 Å². The van der Waals surface area contributed by atoms with Crippen LogP contribution in [0.4, 0.5) is 0 Å². The molecule has 1 aliphatic rings. The van der Waals surface area contributed by atoms with E-state index in [4.69, 9.17) is 11.6 Å². The molecule has 98 valence electrons. The Bertz CT molecular complexity index is 617. The number of halogens is 1. The van der Waals surface area contributed by atoms with E-state index in [0.717, 1.165) is 35.5 Å². The minimum Gasteiger partial charge on any atom is -0.477 e. The predicted molar refractivity (Wildman–Crippen MR) is 76.1 cm³/mol. The molecule has 0 unspecified atom stereocenters.